The molecule has 1 heterocycles. The first-order valence-corrected chi connectivity index (χ1v) is 8.13. The first kappa shape index (κ1) is 17.5. The highest BCUT2D eigenvalue weighted by atomic mass is 19.1. The maximum atomic E-state index is 12.9. The van der Waals surface area contributed by atoms with Crippen LogP contribution in [-0.2, 0) is 11.3 Å². The lowest BCUT2D eigenvalue weighted by Crippen LogP contribution is -2.29. The molecule has 3 aromatic rings. The van der Waals surface area contributed by atoms with Crippen molar-refractivity contribution >= 4 is 11.6 Å². The van der Waals surface area contributed by atoms with Crippen LogP contribution in [-0.4, -0.2) is 15.7 Å². The van der Waals surface area contributed by atoms with Crippen LogP contribution in [0.25, 0.3) is 11.3 Å². The lowest BCUT2D eigenvalue weighted by Gasteiger charge is -2.09. The Morgan fingerprint density at radius 2 is 1.77 bits per heavy atom. The molecule has 0 saturated carbocycles. The fourth-order valence-corrected chi connectivity index (χ4v) is 2.49. The maximum Gasteiger partial charge on any atom is 0.267 e. The van der Waals surface area contributed by atoms with Crippen molar-refractivity contribution in [2.45, 2.75) is 20.4 Å². The lowest BCUT2D eigenvalue weighted by atomic mass is 10.0. The van der Waals surface area contributed by atoms with Gasteiger partial charge in [-0.2, -0.15) is 5.10 Å². The summed E-state index contributed by atoms with van der Waals surface area (Å²) < 4.78 is 14.0. The molecule has 0 atom stereocenters. The van der Waals surface area contributed by atoms with Crippen molar-refractivity contribution in [1.82, 2.24) is 9.78 Å². The van der Waals surface area contributed by atoms with E-state index in [-0.39, 0.29) is 17.9 Å². The third-order valence-corrected chi connectivity index (χ3v) is 4.09. The van der Waals surface area contributed by atoms with E-state index in [9.17, 15) is 14.0 Å². The molecule has 0 fully saturated rings. The number of anilines is 1. The summed E-state index contributed by atoms with van der Waals surface area (Å²) in [7, 11) is 0. The topological polar surface area (TPSA) is 64.0 Å². The van der Waals surface area contributed by atoms with E-state index >= 15 is 0 Å². The van der Waals surface area contributed by atoms with Crippen LogP contribution >= 0.6 is 0 Å². The van der Waals surface area contributed by atoms with Gasteiger partial charge in [-0.05, 0) is 61.4 Å². The number of halogens is 1. The molecule has 0 aliphatic rings. The van der Waals surface area contributed by atoms with Crippen LogP contribution in [0.15, 0.2) is 59.4 Å². The molecule has 3 rings (SSSR count). The third kappa shape index (κ3) is 4.03. The minimum atomic E-state index is -0.413. The fraction of sp³-hybridized carbons (Fsp3) is 0.150. The zero-order chi connectivity index (χ0) is 18.7. The Balaban J connectivity index is 1.81. The summed E-state index contributed by atoms with van der Waals surface area (Å²) in [5.41, 5.74) is 3.86. The monoisotopic (exact) mass is 351 g/mol. The minimum Gasteiger partial charge on any atom is -0.324 e. The largest absolute Gasteiger partial charge is 0.324 e. The number of amides is 1. The number of carbonyl (C=O) groups excluding carboxylic acids is 1. The molecular weight excluding hydrogens is 333 g/mol. The number of aromatic nitrogens is 2. The summed E-state index contributed by atoms with van der Waals surface area (Å²) in [4.78, 5) is 24.2. The molecule has 5 nitrogen and oxygen atoms in total. The van der Waals surface area contributed by atoms with E-state index < -0.39 is 5.91 Å². The van der Waals surface area contributed by atoms with Crippen LogP contribution in [0, 0.1) is 19.7 Å². The Morgan fingerprint density at radius 3 is 2.46 bits per heavy atom. The van der Waals surface area contributed by atoms with E-state index in [1.54, 1.807) is 6.07 Å². The number of hydrogen-bond acceptors (Lipinski definition) is 3. The summed E-state index contributed by atoms with van der Waals surface area (Å²) in [5, 5.41) is 6.91. The quantitative estimate of drug-likeness (QED) is 0.784. The second-order valence-corrected chi connectivity index (χ2v) is 6.07. The molecule has 0 spiro atoms. The van der Waals surface area contributed by atoms with Crippen molar-refractivity contribution in [1.29, 1.82) is 0 Å². The number of rotatable bonds is 4. The van der Waals surface area contributed by atoms with Gasteiger partial charge in [0, 0.05) is 17.3 Å². The Kier molecular flexibility index (Phi) is 4.93. The predicted octanol–water partition coefficient (Wildman–Crippen LogP) is 3.30. The molecule has 1 amide bonds. The minimum absolute atomic E-state index is 0.227. The Hall–Kier alpha value is -3.28. The summed E-state index contributed by atoms with van der Waals surface area (Å²) in [6, 6.07) is 14.3. The number of nitrogens with zero attached hydrogens (tertiary/aromatic N) is 2. The van der Waals surface area contributed by atoms with E-state index in [2.05, 4.69) is 10.4 Å². The molecule has 26 heavy (non-hydrogen) atoms. The van der Waals surface area contributed by atoms with Gasteiger partial charge in [0.25, 0.3) is 5.56 Å². The fourth-order valence-electron chi connectivity index (χ4n) is 2.49. The lowest BCUT2D eigenvalue weighted by molar-refractivity contribution is -0.117. The number of nitrogens with one attached hydrogen (secondary N) is 1. The molecular formula is C20H18FN3O2. The number of aryl methyl sites for hydroxylation is 2. The molecule has 1 aromatic heterocycles. The van der Waals surface area contributed by atoms with Crippen molar-refractivity contribution in [2.24, 2.45) is 0 Å². The standard InChI is InChI=1S/C20H18FN3O2/c1-13-3-4-15(11-14(13)2)18-9-10-20(26)24(23-18)12-19(25)22-17-7-5-16(21)6-8-17/h3-11H,12H2,1-2H3,(H,22,25). The first-order valence-electron chi connectivity index (χ1n) is 8.13. The number of benzene rings is 2. The van der Waals surface area contributed by atoms with E-state index in [4.69, 9.17) is 0 Å². The van der Waals surface area contributed by atoms with Crippen LogP contribution in [0.2, 0.25) is 0 Å². The number of carbonyl (C=O) groups is 1. The van der Waals surface area contributed by atoms with Crippen molar-refractivity contribution in [2.75, 3.05) is 5.32 Å². The molecule has 6 heteroatoms. The molecule has 132 valence electrons. The highest BCUT2D eigenvalue weighted by Crippen LogP contribution is 2.19. The maximum absolute atomic E-state index is 12.9. The predicted molar refractivity (Wildman–Crippen MR) is 98.4 cm³/mol. The van der Waals surface area contributed by atoms with E-state index in [0.29, 0.717) is 11.4 Å². The summed E-state index contributed by atoms with van der Waals surface area (Å²) >= 11 is 0. The molecule has 0 aliphatic carbocycles. The van der Waals surface area contributed by atoms with Gasteiger partial charge in [0.2, 0.25) is 5.91 Å². The molecule has 0 saturated heterocycles. The van der Waals surface area contributed by atoms with Gasteiger partial charge in [-0.1, -0.05) is 12.1 Å². The highest BCUT2D eigenvalue weighted by molar-refractivity contribution is 5.90. The van der Waals surface area contributed by atoms with Crippen LogP contribution in [0.4, 0.5) is 10.1 Å². The average molecular weight is 351 g/mol. The smallest absolute Gasteiger partial charge is 0.267 e. The van der Waals surface area contributed by atoms with Crippen molar-refractivity contribution < 1.29 is 9.18 Å². The molecule has 0 radical (unpaired) electrons. The summed E-state index contributed by atoms with van der Waals surface area (Å²) in [6.45, 7) is 3.80. The zero-order valence-electron chi connectivity index (χ0n) is 14.5. The van der Waals surface area contributed by atoms with E-state index in [0.717, 1.165) is 15.8 Å². The van der Waals surface area contributed by atoms with Gasteiger partial charge in [-0.15, -0.1) is 0 Å². The zero-order valence-corrected chi connectivity index (χ0v) is 14.5. The second kappa shape index (κ2) is 7.31. The van der Waals surface area contributed by atoms with Crippen molar-refractivity contribution in [3.8, 4) is 11.3 Å². The third-order valence-electron chi connectivity index (χ3n) is 4.09. The Labute approximate surface area is 150 Å². The van der Waals surface area contributed by atoms with Gasteiger partial charge in [0.15, 0.2) is 0 Å². The first-order chi connectivity index (χ1) is 12.4. The average Bonchev–Trinajstić information content (AvgIpc) is 2.61. The number of hydrogen-bond donors (Lipinski definition) is 1. The van der Waals surface area contributed by atoms with Crippen molar-refractivity contribution in [3.63, 3.8) is 0 Å². The van der Waals surface area contributed by atoms with Gasteiger partial charge in [0.1, 0.15) is 12.4 Å². The van der Waals surface area contributed by atoms with Crippen molar-refractivity contribution in [3.05, 3.63) is 81.9 Å². The van der Waals surface area contributed by atoms with Gasteiger partial charge >= 0.3 is 0 Å². The Morgan fingerprint density at radius 1 is 1.04 bits per heavy atom. The molecule has 1 N–H and O–H groups in total. The van der Waals surface area contributed by atoms with Crippen LogP contribution < -0.4 is 10.9 Å². The SMILES string of the molecule is Cc1ccc(-c2ccc(=O)n(CC(=O)Nc3ccc(F)cc3)n2)cc1C. The molecule has 0 unspecified atom stereocenters. The van der Waals surface area contributed by atoms with E-state index in [1.807, 2.05) is 32.0 Å². The molecule has 0 aliphatic heterocycles. The van der Waals surface area contributed by atoms with Crippen LogP contribution in [0.5, 0.6) is 0 Å². The van der Waals surface area contributed by atoms with Crippen LogP contribution in [0.1, 0.15) is 11.1 Å². The van der Waals surface area contributed by atoms with Gasteiger partial charge < -0.3 is 5.32 Å². The normalized spacial score (nSPS) is 10.6. The summed E-state index contributed by atoms with van der Waals surface area (Å²) in [5.74, 6) is -0.801. The second-order valence-electron chi connectivity index (χ2n) is 6.07. The highest BCUT2D eigenvalue weighted by Gasteiger charge is 2.09. The molecule has 0 bridgehead atoms. The molecule has 2 aromatic carbocycles. The van der Waals surface area contributed by atoms with E-state index in [1.165, 1.54) is 35.9 Å². The Bertz CT molecular complexity index is 1010. The van der Waals surface area contributed by atoms with Gasteiger partial charge in [-0.3, -0.25) is 9.59 Å². The van der Waals surface area contributed by atoms with Gasteiger partial charge in [-0.25, -0.2) is 9.07 Å². The van der Waals surface area contributed by atoms with Gasteiger partial charge in [0.05, 0.1) is 5.69 Å². The van der Waals surface area contributed by atoms with Crippen LogP contribution in [0.3, 0.4) is 0 Å². The summed E-state index contributed by atoms with van der Waals surface area (Å²) in [6.07, 6.45) is 0.